The second-order valence-corrected chi connectivity index (χ2v) is 4.01. The van der Waals surface area contributed by atoms with Gasteiger partial charge in [0.1, 0.15) is 6.26 Å². The van der Waals surface area contributed by atoms with Crippen LogP contribution < -0.4 is 16.4 Å². The van der Waals surface area contributed by atoms with Gasteiger partial charge in [0.15, 0.2) is 5.69 Å². The predicted octanol–water partition coefficient (Wildman–Crippen LogP) is 0.142. The fourth-order valence-corrected chi connectivity index (χ4v) is 1.45. The number of nitrogens with two attached hydrogens (primary N) is 1. The van der Waals surface area contributed by atoms with E-state index in [4.69, 9.17) is 10.2 Å². The summed E-state index contributed by atoms with van der Waals surface area (Å²) < 4.78 is 4.96. The van der Waals surface area contributed by atoms with Crippen LogP contribution in [0.3, 0.4) is 0 Å². The Morgan fingerprint density at radius 1 is 1.14 bits per heavy atom. The minimum atomic E-state index is -0.676. The van der Waals surface area contributed by atoms with Crippen LogP contribution >= 0.6 is 0 Å². The number of amides is 3. The molecule has 0 saturated heterocycles. The number of anilines is 1. The van der Waals surface area contributed by atoms with Crippen molar-refractivity contribution in [2.75, 3.05) is 11.9 Å². The number of nitrogens with zero attached hydrogens (tertiary/aromatic N) is 1. The third kappa shape index (κ3) is 3.90. The zero-order chi connectivity index (χ0) is 15.2. The summed E-state index contributed by atoms with van der Waals surface area (Å²) in [4.78, 5) is 37.7. The Morgan fingerprint density at radius 2 is 1.86 bits per heavy atom. The molecule has 0 saturated carbocycles. The molecule has 0 atom stereocenters. The topological polar surface area (TPSA) is 127 Å². The first-order valence-electron chi connectivity index (χ1n) is 5.94. The van der Waals surface area contributed by atoms with Crippen molar-refractivity contribution in [2.24, 2.45) is 5.73 Å². The molecule has 0 aliphatic carbocycles. The van der Waals surface area contributed by atoms with Crippen molar-refractivity contribution in [3.63, 3.8) is 0 Å². The summed E-state index contributed by atoms with van der Waals surface area (Å²) in [6.45, 7) is -0.308. The second kappa shape index (κ2) is 6.33. The van der Waals surface area contributed by atoms with Crippen molar-refractivity contribution in [3.8, 4) is 0 Å². The molecule has 3 amide bonds. The van der Waals surface area contributed by atoms with E-state index in [1.807, 2.05) is 0 Å². The van der Waals surface area contributed by atoms with E-state index < -0.39 is 17.7 Å². The average Bonchev–Trinajstić information content (AvgIpc) is 2.94. The molecule has 0 aliphatic rings. The normalized spacial score (nSPS) is 9.90. The molecular weight excluding hydrogens is 276 g/mol. The van der Waals surface area contributed by atoms with Gasteiger partial charge in [-0.15, -0.1) is 0 Å². The maximum atomic E-state index is 11.8. The lowest BCUT2D eigenvalue weighted by Gasteiger charge is -2.00. The molecule has 0 unspecified atom stereocenters. The average molecular weight is 288 g/mol. The van der Waals surface area contributed by atoms with Gasteiger partial charge in [-0.3, -0.25) is 19.7 Å². The standard InChI is InChI=1S/C13H12N4O4/c14-10(18)6-15-12(20)9-7-21-13(16-9)17-11(19)8-4-2-1-3-5-8/h1-5,7H,6H2,(H2,14,18)(H,15,20)(H,16,17,19). The fraction of sp³-hybridized carbons (Fsp3) is 0.0769. The van der Waals surface area contributed by atoms with Gasteiger partial charge in [-0.05, 0) is 12.1 Å². The van der Waals surface area contributed by atoms with E-state index in [0.29, 0.717) is 5.56 Å². The smallest absolute Gasteiger partial charge is 0.302 e. The first-order valence-corrected chi connectivity index (χ1v) is 5.94. The van der Waals surface area contributed by atoms with E-state index in [1.54, 1.807) is 30.3 Å². The molecule has 8 heteroatoms. The molecule has 0 fully saturated rings. The maximum Gasteiger partial charge on any atom is 0.302 e. The Balaban J connectivity index is 1.98. The second-order valence-electron chi connectivity index (χ2n) is 4.01. The van der Waals surface area contributed by atoms with E-state index in [-0.39, 0.29) is 18.3 Å². The maximum absolute atomic E-state index is 11.8. The summed E-state index contributed by atoms with van der Waals surface area (Å²) in [5.41, 5.74) is 5.26. The Morgan fingerprint density at radius 3 is 2.52 bits per heavy atom. The third-order valence-corrected chi connectivity index (χ3v) is 2.42. The molecule has 2 aromatic rings. The van der Waals surface area contributed by atoms with Crippen LogP contribution in [-0.2, 0) is 4.79 Å². The van der Waals surface area contributed by atoms with Crippen molar-refractivity contribution in [1.82, 2.24) is 10.3 Å². The summed E-state index contributed by atoms with van der Waals surface area (Å²) in [5.74, 6) is -1.72. The minimum Gasteiger partial charge on any atom is -0.431 e. The summed E-state index contributed by atoms with van der Waals surface area (Å²) in [5, 5.41) is 4.66. The largest absolute Gasteiger partial charge is 0.431 e. The van der Waals surface area contributed by atoms with Crippen molar-refractivity contribution >= 4 is 23.7 Å². The number of benzene rings is 1. The number of rotatable bonds is 5. The van der Waals surface area contributed by atoms with Crippen molar-refractivity contribution < 1.29 is 18.8 Å². The highest BCUT2D eigenvalue weighted by molar-refractivity contribution is 6.03. The van der Waals surface area contributed by atoms with Crippen LogP contribution in [0.4, 0.5) is 6.01 Å². The van der Waals surface area contributed by atoms with Crippen molar-refractivity contribution in [2.45, 2.75) is 0 Å². The number of carbonyl (C=O) groups is 3. The summed E-state index contributed by atoms with van der Waals surface area (Å²) in [6.07, 6.45) is 1.07. The van der Waals surface area contributed by atoms with Gasteiger partial charge in [-0.2, -0.15) is 4.98 Å². The molecule has 0 spiro atoms. The highest BCUT2D eigenvalue weighted by atomic mass is 16.4. The lowest BCUT2D eigenvalue weighted by atomic mass is 10.2. The van der Waals surface area contributed by atoms with Gasteiger partial charge in [0.05, 0.1) is 6.54 Å². The van der Waals surface area contributed by atoms with E-state index in [0.717, 1.165) is 6.26 Å². The molecule has 1 aromatic heterocycles. The van der Waals surface area contributed by atoms with Crippen LogP contribution in [0.5, 0.6) is 0 Å². The van der Waals surface area contributed by atoms with Crippen LogP contribution in [0.25, 0.3) is 0 Å². The van der Waals surface area contributed by atoms with Gasteiger partial charge in [-0.25, -0.2) is 0 Å². The summed E-state index contributed by atoms with van der Waals surface area (Å²) in [6, 6.07) is 8.34. The highest BCUT2D eigenvalue weighted by Crippen LogP contribution is 2.09. The van der Waals surface area contributed by atoms with Crippen molar-refractivity contribution in [3.05, 3.63) is 47.9 Å². The quantitative estimate of drug-likeness (QED) is 0.721. The SMILES string of the molecule is NC(=O)CNC(=O)c1coc(NC(=O)c2ccccc2)n1. The van der Waals surface area contributed by atoms with Crippen LogP contribution in [0.15, 0.2) is 41.0 Å². The summed E-state index contributed by atoms with van der Waals surface area (Å²) in [7, 11) is 0. The molecule has 1 heterocycles. The van der Waals surface area contributed by atoms with Gasteiger partial charge >= 0.3 is 6.01 Å². The van der Waals surface area contributed by atoms with Crippen LogP contribution in [-0.4, -0.2) is 29.3 Å². The Kier molecular flexibility index (Phi) is 4.30. The molecule has 108 valence electrons. The zero-order valence-corrected chi connectivity index (χ0v) is 10.8. The Labute approximate surface area is 119 Å². The number of aromatic nitrogens is 1. The number of hydrogen-bond acceptors (Lipinski definition) is 5. The Hall–Kier alpha value is -3.16. The molecular formula is C13H12N4O4. The van der Waals surface area contributed by atoms with E-state index in [9.17, 15) is 14.4 Å². The molecule has 0 aliphatic heterocycles. The Bertz CT molecular complexity index is 666. The lowest BCUT2D eigenvalue weighted by Crippen LogP contribution is -2.33. The van der Waals surface area contributed by atoms with Gasteiger partial charge in [0, 0.05) is 5.56 Å². The third-order valence-electron chi connectivity index (χ3n) is 2.42. The van der Waals surface area contributed by atoms with Crippen molar-refractivity contribution in [1.29, 1.82) is 0 Å². The van der Waals surface area contributed by atoms with Crippen LogP contribution in [0, 0.1) is 0 Å². The molecule has 2 rings (SSSR count). The number of hydrogen-bond donors (Lipinski definition) is 3. The first kappa shape index (κ1) is 14.3. The van der Waals surface area contributed by atoms with Crippen LogP contribution in [0.1, 0.15) is 20.8 Å². The van der Waals surface area contributed by atoms with Crippen LogP contribution in [0.2, 0.25) is 0 Å². The molecule has 1 aromatic carbocycles. The molecule has 4 N–H and O–H groups in total. The molecule has 0 radical (unpaired) electrons. The predicted molar refractivity (Wildman–Crippen MR) is 72.4 cm³/mol. The first-order chi connectivity index (χ1) is 10.1. The van der Waals surface area contributed by atoms with Gasteiger partial charge < -0.3 is 15.5 Å². The number of nitrogens with one attached hydrogen (secondary N) is 2. The van der Waals surface area contributed by atoms with Gasteiger partial charge in [0.2, 0.25) is 5.91 Å². The molecule has 21 heavy (non-hydrogen) atoms. The number of carbonyl (C=O) groups excluding carboxylic acids is 3. The lowest BCUT2D eigenvalue weighted by molar-refractivity contribution is -0.117. The summed E-state index contributed by atoms with van der Waals surface area (Å²) >= 11 is 0. The van der Waals surface area contributed by atoms with Gasteiger partial charge in [0.25, 0.3) is 11.8 Å². The number of primary amides is 1. The number of oxazole rings is 1. The van der Waals surface area contributed by atoms with Gasteiger partial charge in [-0.1, -0.05) is 18.2 Å². The highest BCUT2D eigenvalue weighted by Gasteiger charge is 2.14. The monoisotopic (exact) mass is 288 g/mol. The fourth-order valence-electron chi connectivity index (χ4n) is 1.45. The zero-order valence-electron chi connectivity index (χ0n) is 10.8. The van der Waals surface area contributed by atoms with E-state index in [1.165, 1.54) is 0 Å². The molecule has 8 nitrogen and oxygen atoms in total. The minimum absolute atomic E-state index is 0.0698. The molecule has 0 bridgehead atoms. The van der Waals surface area contributed by atoms with E-state index >= 15 is 0 Å². The van der Waals surface area contributed by atoms with E-state index in [2.05, 4.69) is 15.6 Å².